The minimum Gasteiger partial charge on any atom is -0.455 e. The molecule has 0 N–H and O–H groups in total. The van der Waals surface area contributed by atoms with Crippen LogP contribution in [-0.2, 0) is 6.42 Å². The van der Waals surface area contributed by atoms with E-state index in [1.54, 1.807) is 0 Å². The maximum Gasteiger partial charge on any atom is 0.167 e. The summed E-state index contributed by atoms with van der Waals surface area (Å²) in [6, 6.07) is 59.5. The first-order valence-electron chi connectivity index (χ1n) is 19.0. The SMILES string of the molecule is C1=C(c2cccc(-c3ccc(-c4ccccc4)cc3)c2)CCc2sc3cccc(-c4nc(-c5ccccc5)nc(-c5cccc6c5oc5ccccc56)n4)c3c21. The molecule has 0 amide bonds. The van der Waals surface area contributed by atoms with Crippen LogP contribution in [0, 0.1) is 0 Å². The van der Waals surface area contributed by atoms with E-state index < -0.39 is 0 Å². The van der Waals surface area contributed by atoms with Gasteiger partial charge >= 0.3 is 0 Å². The van der Waals surface area contributed by atoms with Crippen molar-refractivity contribution in [3.63, 3.8) is 0 Å². The van der Waals surface area contributed by atoms with Gasteiger partial charge in [-0.25, -0.2) is 15.0 Å². The number of thiophene rings is 1. The Kier molecular flexibility index (Phi) is 7.78. The Morgan fingerprint density at radius 3 is 1.86 bits per heavy atom. The molecule has 5 heteroatoms. The number of furan rings is 1. The summed E-state index contributed by atoms with van der Waals surface area (Å²) in [5.74, 6) is 1.86. The van der Waals surface area contributed by atoms with Gasteiger partial charge in [0.05, 0.1) is 5.56 Å². The molecule has 0 spiro atoms. The van der Waals surface area contributed by atoms with Crippen molar-refractivity contribution in [3.8, 4) is 56.4 Å². The molecule has 7 aromatic carbocycles. The summed E-state index contributed by atoms with van der Waals surface area (Å²) in [4.78, 5) is 16.9. The topological polar surface area (TPSA) is 51.8 Å². The normalized spacial score (nSPS) is 12.6. The van der Waals surface area contributed by atoms with Gasteiger partial charge in [-0.1, -0.05) is 146 Å². The third-order valence-corrected chi connectivity index (χ3v) is 12.1. The summed E-state index contributed by atoms with van der Waals surface area (Å²) in [6.45, 7) is 0. The molecule has 0 saturated heterocycles. The zero-order valence-corrected chi connectivity index (χ0v) is 31.1. The largest absolute Gasteiger partial charge is 0.455 e. The average molecular weight is 736 g/mol. The van der Waals surface area contributed by atoms with Crippen molar-refractivity contribution in [2.45, 2.75) is 12.8 Å². The van der Waals surface area contributed by atoms with Crippen molar-refractivity contribution in [1.82, 2.24) is 15.0 Å². The van der Waals surface area contributed by atoms with Gasteiger partial charge in [0.1, 0.15) is 11.2 Å². The van der Waals surface area contributed by atoms with Crippen LogP contribution in [0.4, 0.5) is 0 Å². The van der Waals surface area contributed by atoms with Crippen LogP contribution in [0.1, 0.15) is 22.4 Å². The molecule has 0 fully saturated rings. The Morgan fingerprint density at radius 1 is 0.446 bits per heavy atom. The quantitative estimate of drug-likeness (QED) is 0.171. The zero-order chi connectivity index (χ0) is 37.0. The molecule has 1 aliphatic carbocycles. The zero-order valence-electron chi connectivity index (χ0n) is 30.3. The highest BCUT2D eigenvalue weighted by Crippen LogP contribution is 2.44. The van der Waals surface area contributed by atoms with Crippen LogP contribution in [0.3, 0.4) is 0 Å². The van der Waals surface area contributed by atoms with Crippen molar-refractivity contribution >= 4 is 55.0 Å². The summed E-state index contributed by atoms with van der Waals surface area (Å²) in [7, 11) is 0. The fourth-order valence-corrected chi connectivity index (χ4v) is 9.32. The van der Waals surface area contributed by atoms with E-state index in [-0.39, 0.29) is 0 Å². The van der Waals surface area contributed by atoms with E-state index in [1.807, 2.05) is 53.8 Å². The van der Waals surface area contributed by atoms with Gasteiger partial charge in [0.25, 0.3) is 0 Å². The van der Waals surface area contributed by atoms with Crippen LogP contribution in [0.2, 0.25) is 0 Å². The van der Waals surface area contributed by atoms with Gasteiger partial charge in [0.15, 0.2) is 17.5 Å². The minimum atomic E-state index is 0.587. The van der Waals surface area contributed by atoms with Crippen LogP contribution < -0.4 is 0 Å². The van der Waals surface area contributed by atoms with E-state index in [0.29, 0.717) is 17.5 Å². The van der Waals surface area contributed by atoms with Crippen LogP contribution in [0.25, 0.3) is 100 Å². The lowest BCUT2D eigenvalue weighted by Crippen LogP contribution is -2.01. The van der Waals surface area contributed by atoms with Gasteiger partial charge in [-0.3, -0.25) is 0 Å². The molecule has 3 heterocycles. The Labute approximate surface area is 328 Å². The number of para-hydroxylation sites is 2. The minimum absolute atomic E-state index is 0.587. The van der Waals surface area contributed by atoms with Gasteiger partial charge in [-0.05, 0) is 82.1 Å². The van der Waals surface area contributed by atoms with Crippen molar-refractivity contribution in [3.05, 3.63) is 186 Å². The Morgan fingerprint density at radius 2 is 1.04 bits per heavy atom. The number of aromatic nitrogens is 3. The standard InChI is InChI=1S/C51H33N3OS/c1-3-12-32(13-4-1)33-24-26-34(27-25-33)36-16-9-17-37(30-36)38-28-29-45-43(31-38)47-41(20-11-23-46(47)56-45)50-52-49(35-14-5-2-6-15-35)53-51(54-50)42-21-10-19-40-39-18-7-8-22-44(39)55-48(40)42/h1-27,30-31H,28-29H2. The van der Waals surface area contributed by atoms with Crippen LogP contribution >= 0.6 is 11.3 Å². The molecule has 0 saturated carbocycles. The fourth-order valence-electron chi connectivity index (χ4n) is 8.11. The van der Waals surface area contributed by atoms with E-state index in [9.17, 15) is 0 Å². The first kappa shape index (κ1) is 32.5. The van der Waals surface area contributed by atoms with E-state index in [1.165, 1.54) is 53.9 Å². The first-order chi connectivity index (χ1) is 27.7. The lowest BCUT2D eigenvalue weighted by Gasteiger charge is -2.16. The monoisotopic (exact) mass is 735 g/mol. The van der Waals surface area contributed by atoms with E-state index in [0.717, 1.165) is 51.5 Å². The maximum absolute atomic E-state index is 6.47. The highest BCUT2D eigenvalue weighted by atomic mass is 32.1. The lowest BCUT2D eigenvalue weighted by molar-refractivity contribution is 0.669. The summed E-state index contributed by atoms with van der Waals surface area (Å²) in [5.41, 5.74) is 13.1. The third-order valence-electron chi connectivity index (χ3n) is 10.9. The molecule has 0 bridgehead atoms. The highest BCUT2D eigenvalue weighted by Gasteiger charge is 2.23. The van der Waals surface area contributed by atoms with Crippen molar-refractivity contribution < 1.29 is 4.42 Å². The molecule has 0 unspecified atom stereocenters. The number of hydrogen-bond donors (Lipinski definition) is 0. The number of hydrogen-bond acceptors (Lipinski definition) is 5. The number of benzene rings is 7. The maximum atomic E-state index is 6.47. The smallest absolute Gasteiger partial charge is 0.167 e. The van der Waals surface area contributed by atoms with Crippen molar-refractivity contribution in [1.29, 1.82) is 0 Å². The van der Waals surface area contributed by atoms with E-state index in [2.05, 4.69) is 133 Å². The number of aryl methyl sites for hydroxylation is 1. The van der Waals surface area contributed by atoms with Crippen LogP contribution in [0.15, 0.2) is 174 Å². The molecule has 0 atom stereocenters. The second-order valence-electron chi connectivity index (χ2n) is 14.3. The van der Waals surface area contributed by atoms with E-state index >= 15 is 0 Å². The second-order valence-corrected chi connectivity index (χ2v) is 15.4. The van der Waals surface area contributed by atoms with Gasteiger partial charge in [-0.2, -0.15) is 0 Å². The molecule has 0 radical (unpaired) electrons. The molecule has 0 aliphatic heterocycles. The van der Waals surface area contributed by atoms with E-state index in [4.69, 9.17) is 19.4 Å². The number of nitrogens with zero attached hydrogens (tertiary/aromatic N) is 3. The van der Waals surface area contributed by atoms with Crippen LogP contribution in [-0.4, -0.2) is 15.0 Å². The molecule has 11 rings (SSSR count). The second kappa shape index (κ2) is 13.4. The van der Waals surface area contributed by atoms with Gasteiger partial charge in [-0.15, -0.1) is 11.3 Å². The average Bonchev–Trinajstić information content (AvgIpc) is 3.85. The molecule has 1 aliphatic rings. The van der Waals surface area contributed by atoms with Gasteiger partial charge in [0.2, 0.25) is 0 Å². The molecular formula is C51H33N3OS. The first-order valence-corrected chi connectivity index (χ1v) is 19.8. The predicted octanol–water partition coefficient (Wildman–Crippen LogP) is 13.8. The molecule has 3 aromatic heterocycles. The number of allylic oxidation sites excluding steroid dienone is 1. The Balaban J connectivity index is 1.03. The molecule has 56 heavy (non-hydrogen) atoms. The molecule has 4 nitrogen and oxygen atoms in total. The van der Waals surface area contributed by atoms with Crippen molar-refractivity contribution in [2.75, 3.05) is 0 Å². The molecular weight excluding hydrogens is 703 g/mol. The summed E-state index contributed by atoms with van der Waals surface area (Å²) in [6.07, 6.45) is 4.39. The van der Waals surface area contributed by atoms with Crippen molar-refractivity contribution in [2.24, 2.45) is 0 Å². The Bertz CT molecular complexity index is 3120. The predicted molar refractivity (Wildman–Crippen MR) is 232 cm³/mol. The summed E-state index contributed by atoms with van der Waals surface area (Å²) >= 11 is 1.88. The lowest BCUT2D eigenvalue weighted by atomic mass is 9.89. The number of fused-ring (bicyclic) bond motifs is 6. The van der Waals surface area contributed by atoms with Crippen LogP contribution in [0.5, 0.6) is 0 Å². The fraction of sp³-hybridized carbons (Fsp3) is 0.0392. The summed E-state index contributed by atoms with van der Waals surface area (Å²) in [5, 5.41) is 3.31. The number of rotatable bonds is 6. The highest BCUT2D eigenvalue weighted by molar-refractivity contribution is 7.19. The Hall–Kier alpha value is -6.95. The molecule has 10 aromatic rings. The van der Waals surface area contributed by atoms with Gasteiger partial charge in [0, 0.05) is 36.9 Å². The van der Waals surface area contributed by atoms with Gasteiger partial charge < -0.3 is 4.42 Å². The molecule has 264 valence electrons. The summed E-state index contributed by atoms with van der Waals surface area (Å²) < 4.78 is 7.70. The third kappa shape index (κ3) is 5.64.